The molecule has 2 aliphatic heterocycles. The third-order valence-corrected chi connectivity index (χ3v) is 7.25. The quantitative estimate of drug-likeness (QED) is 0.348. The number of likely N-dealkylation sites (tertiary alicyclic amines) is 1. The van der Waals surface area contributed by atoms with Crippen LogP contribution in [0.4, 0.5) is 4.39 Å². The third kappa shape index (κ3) is 6.48. The highest BCUT2D eigenvalue weighted by Gasteiger charge is 2.35. The molecule has 43 heavy (non-hydrogen) atoms. The number of pyridine rings is 1. The zero-order valence-electron chi connectivity index (χ0n) is 23.2. The van der Waals surface area contributed by atoms with Gasteiger partial charge in [-0.15, -0.1) is 0 Å². The van der Waals surface area contributed by atoms with Gasteiger partial charge < -0.3 is 29.5 Å². The van der Waals surface area contributed by atoms with Crippen molar-refractivity contribution in [3.63, 3.8) is 0 Å². The predicted molar refractivity (Wildman–Crippen MR) is 151 cm³/mol. The number of aryl methyl sites for hydroxylation is 1. The first kappa shape index (κ1) is 27.9. The lowest BCUT2D eigenvalue weighted by atomic mass is 10.00. The Bertz CT molecular complexity index is 1690. The average molecular weight is 586 g/mol. The van der Waals surface area contributed by atoms with Crippen molar-refractivity contribution in [1.29, 1.82) is 0 Å². The minimum Gasteiger partial charge on any atom is -0.488 e. The lowest BCUT2D eigenvalue weighted by Gasteiger charge is -2.38. The number of piperidine rings is 1. The minimum absolute atomic E-state index is 0.0537. The fraction of sp³-hybridized carbons (Fsp3) is 0.258. The number of benzene rings is 2. The average Bonchev–Trinajstić information content (AvgIpc) is 3.45. The van der Waals surface area contributed by atoms with Crippen LogP contribution in [0.25, 0.3) is 11.1 Å². The Labute approximate surface area is 246 Å². The summed E-state index contributed by atoms with van der Waals surface area (Å²) in [6.07, 6.45) is 2.82. The maximum absolute atomic E-state index is 14.6. The summed E-state index contributed by atoms with van der Waals surface area (Å²) in [7, 11) is 0. The molecular formula is C31H28FN5O6. The Balaban J connectivity index is 1.34. The topological polar surface area (TPSA) is 136 Å². The summed E-state index contributed by atoms with van der Waals surface area (Å²) in [5.41, 5.74) is 2.35. The van der Waals surface area contributed by atoms with Crippen LogP contribution in [0, 0.1) is 12.7 Å². The van der Waals surface area contributed by atoms with Crippen LogP contribution in [-0.2, 0) is 11.3 Å². The van der Waals surface area contributed by atoms with Crippen molar-refractivity contribution < 1.29 is 32.8 Å². The van der Waals surface area contributed by atoms with Gasteiger partial charge in [0, 0.05) is 56.1 Å². The Morgan fingerprint density at radius 2 is 1.88 bits per heavy atom. The molecule has 2 N–H and O–H groups in total. The van der Waals surface area contributed by atoms with Gasteiger partial charge in [-0.3, -0.25) is 19.4 Å². The number of halogens is 1. The van der Waals surface area contributed by atoms with Gasteiger partial charge in [0.25, 0.3) is 17.7 Å². The summed E-state index contributed by atoms with van der Waals surface area (Å²) in [6.45, 7) is 1.94. The highest BCUT2D eigenvalue weighted by atomic mass is 19.1. The molecule has 2 aliphatic rings. The van der Waals surface area contributed by atoms with Crippen molar-refractivity contribution in [1.82, 2.24) is 25.7 Å². The van der Waals surface area contributed by atoms with Crippen LogP contribution >= 0.6 is 0 Å². The molecule has 2 aromatic carbocycles. The van der Waals surface area contributed by atoms with Crippen molar-refractivity contribution in [2.75, 3.05) is 19.7 Å². The summed E-state index contributed by atoms with van der Waals surface area (Å²) in [5.74, 6) is -0.488. The van der Waals surface area contributed by atoms with Crippen LogP contribution in [0.2, 0.25) is 0 Å². The SMILES string of the molecule is Cc1cc(C(=O)N2CC[C@@H]3Oc4cc(F)cc(c4)CNC(=O)COc4cccc(c4)-c4cncc(c4)C(=O)N[C@@H]3C2)no1. The van der Waals surface area contributed by atoms with Gasteiger partial charge in [0.05, 0.1) is 11.6 Å². The van der Waals surface area contributed by atoms with Gasteiger partial charge >= 0.3 is 0 Å². The van der Waals surface area contributed by atoms with Crippen molar-refractivity contribution >= 4 is 17.7 Å². The normalized spacial score (nSPS) is 18.9. The zero-order chi connectivity index (χ0) is 29.9. The molecule has 3 amide bonds. The largest absolute Gasteiger partial charge is 0.488 e. The number of nitrogens with zero attached hydrogens (tertiary/aromatic N) is 3. The molecule has 0 aliphatic carbocycles. The van der Waals surface area contributed by atoms with Gasteiger partial charge in [-0.2, -0.15) is 0 Å². The number of ether oxygens (including phenoxy) is 2. The maximum atomic E-state index is 14.6. The number of fused-ring (bicyclic) bond motifs is 8. The molecule has 0 unspecified atom stereocenters. The van der Waals surface area contributed by atoms with E-state index in [1.807, 2.05) is 6.07 Å². The monoisotopic (exact) mass is 585 g/mol. The van der Waals surface area contributed by atoms with E-state index in [2.05, 4.69) is 20.8 Å². The predicted octanol–water partition coefficient (Wildman–Crippen LogP) is 3.28. The number of carbonyl (C=O) groups excluding carboxylic acids is 3. The number of rotatable bonds is 1. The molecule has 0 radical (unpaired) electrons. The van der Waals surface area contributed by atoms with Crippen LogP contribution in [0.3, 0.4) is 0 Å². The summed E-state index contributed by atoms with van der Waals surface area (Å²) in [6, 6.07) is 13.9. The lowest BCUT2D eigenvalue weighted by molar-refractivity contribution is -0.123. The van der Waals surface area contributed by atoms with E-state index in [1.54, 1.807) is 54.4 Å². The van der Waals surface area contributed by atoms with Gasteiger partial charge in [0.1, 0.15) is 29.2 Å². The maximum Gasteiger partial charge on any atom is 0.276 e. The Hall–Kier alpha value is -5.26. The van der Waals surface area contributed by atoms with Crippen LogP contribution in [-0.4, -0.2) is 64.6 Å². The molecule has 11 nitrogen and oxygen atoms in total. The van der Waals surface area contributed by atoms with E-state index in [1.165, 1.54) is 18.3 Å². The Kier molecular flexibility index (Phi) is 7.73. The molecule has 2 atom stereocenters. The second-order valence-electron chi connectivity index (χ2n) is 10.4. The van der Waals surface area contributed by atoms with E-state index in [4.69, 9.17) is 14.0 Å². The van der Waals surface area contributed by atoms with Gasteiger partial charge in [0.15, 0.2) is 12.3 Å². The minimum atomic E-state index is -0.660. The molecular weight excluding hydrogens is 557 g/mol. The molecule has 4 aromatic rings. The first-order valence-electron chi connectivity index (χ1n) is 13.8. The second kappa shape index (κ2) is 11.9. The molecule has 4 heterocycles. The van der Waals surface area contributed by atoms with Crippen LogP contribution in [0.1, 0.15) is 38.6 Å². The van der Waals surface area contributed by atoms with E-state index in [0.717, 1.165) is 5.56 Å². The molecule has 0 spiro atoms. The Morgan fingerprint density at radius 3 is 2.72 bits per heavy atom. The van der Waals surface area contributed by atoms with Crippen LogP contribution in [0.15, 0.2) is 71.5 Å². The number of amides is 3. The third-order valence-electron chi connectivity index (χ3n) is 7.25. The summed E-state index contributed by atoms with van der Waals surface area (Å²) in [5, 5.41) is 9.57. The van der Waals surface area contributed by atoms with E-state index < -0.39 is 23.9 Å². The highest BCUT2D eigenvalue weighted by molar-refractivity contribution is 5.95. The summed E-state index contributed by atoms with van der Waals surface area (Å²) >= 11 is 0. The number of nitrogens with one attached hydrogen (secondary N) is 2. The highest BCUT2D eigenvalue weighted by Crippen LogP contribution is 2.26. The number of hydrogen-bond donors (Lipinski definition) is 2. The van der Waals surface area contributed by atoms with Crippen molar-refractivity contribution in [2.24, 2.45) is 0 Å². The van der Waals surface area contributed by atoms with Crippen LogP contribution in [0.5, 0.6) is 11.5 Å². The first-order valence-corrected chi connectivity index (χ1v) is 13.8. The fourth-order valence-corrected chi connectivity index (χ4v) is 5.13. The summed E-state index contributed by atoms with van der Waals surface area (Å²) < 4.78 is 31.6. The molecule has 2 aromatic heterocycles. The molecule has 0 saturated carbocycles. The van der Waals surface area contributed by atoms with E-state index >= 15 is 0 Å². The molecule has 1 fully saturated rings. The van der Waals surface area contributed by atoms with Crippen molar-refractivity contribution in [3.8, 4) is 22.6 Å². The van der Waals surface area contributed by atoms with Gasteiger partial charge in [-0.05, 0) is 48.4 Å². The van der Waals surface area contributed by atoms with Gasteiger partial charge in [0.2, 0.25) is 0 Å². The zero-order valence-corrected chi connectivity index (χ0v) is 23.2. The van der Waals surface area contributed by atoms with E-state index in [0.29, 0.717) is 41.2 Å². The molecule has 6 bridgehead atoms. The van der Waals surface area contributed by atoms with Crippen molar-refractivity contribution in [2.45, 2.75) is 32.0 Å². The fourth-order valence-electron chi connectivity index (χ4n) is 5.13. The van der Waals surface area contributed by atoms with Crippen LogP contribution < -0.4 is 20.1 Å². The number of carbonyl (C=O) groups is 3. The molecule has 12 heteroatoms. The lowest BCUT2D eigenvalue weighted by Crippen LogP contribution is -2.58. The smallest absolute Gasteiger partial charge is 0.276 e. The van der Waals surface area contributed by atoms with E-state index in [9.17, 15) is 18.8 Å². The molecule has 1 saturated heterocycles. The standard InChI is InChI=1S/C31H28FN5O6/c1-18-7-26(36-43-18)31(40)37-6-5-28-27(16-37)35-30(39)22-10-21(14-33-15-22)20-3-2-4-24(11-20)41-17-29(38)34-13-19-8-23(32)12-25(9-19)42-28/h2-4,7-12,14-15,27-28H,5-6,13,16-17H2,1H3,(H,34,38)(H,35,39)/t27-,28+/m1/s1. The number of aromatic nitrogens is 2. The summed E-state index contributed by atoms with van der Waals surface area (Å²) in [4.78, 5) is 45.0. The number of hydrogen-bond acceptors (Lipinski definition) is 8. The molecule has 220 valence electrons. The first-order chi connectivity index (χ1) is 20.8. The van der Waals surface area contributed by atoms with Gasteiger partial charge in [-0.1, -0.05) is 17.3 Å². The Morgan fingerprint density at radius 1 is 1.02 bits per heavy atom. The second-order valence-corrected chi connectivity index (χ2v) is 10.4. The van der Waals surface area contributed by atoms with E-state index in [-0.39, 0.29) is 43.0 Å². The van der Waals surface area contributed by atoms with Crippen molar-refractivity contribution in [3.05, 3.63) is 95.4 Å². The molecule has 6 rings (SSSR count). The van der Waals surface area contributed by atoms with Gasteiger partial charge in [-0.25, -0.2) is 4.39 Å².